The van der Waals surface area contributed by atoms with Crippen molar-refractivity contribution in [2.45, 2.75) is 40.3 Å². The summed E-state index contributed by atoms with van der Waals surface area (Å²) in [6, 6.07) is 4.14. The van der Waals surface area contributed by atoms with Crippen LogP contribution in [0.1, 0.15) is 41.2 Å². The number of nitrogens with one attached hydrogen (secondary N) is 2. The third-order valence-electron chi connectivity index (χ3n) is 4.29. The molecule has 2 heterocycles. The van der Waals surface area contributed by atoms with Crippen LogP contribution in [-0.4, -0.2) is 42.5 Å². The second-order valence-electron chi connectivity index (χ2n) is 5.81. The molecule has 0 aliphatic heterocycles. The lowest BCUT2D eigenvalue weighted by Gasteiger charge is -2.28. The SMILES string of the molecule is CCN(CC)C(CNC(=NC)NCc1nc(C)c(C)s1)c1ccco1.I. The summed E-state index contributed by atoms with van der Waals surface area (Å²) in [5, 5.41) is 7.83. The van der Waals surface area contributed by atoms with Gasteiger partial charge in [0.2, 0.25) is 0 Å². The number of aryl methyl sites for hydroxylation is 2. The Morgan fingerprint density at radius 3 is 2.54 bits per heavy atom. The Kier molecular flexibility index (Phi) is 10.2. The van der Waals surface area contributed by atoms with Crippen LogP contribution in [0.3, 0.4) is 0 Å². The van der Waals surface area contributed by atoms with E-state index < -0.39 is 0 Å². The number of hydrogen-bond acceptors (Lipinski definition) is 5. The smallest absolute Gasteiger partial charge is 0.191 e. The quantitative estimate of drug-likeness (QED) is 0.335. The molecular weight excluding hydrogens is 461 g/mol. The topological polar surface area (TPSA) is 65.7 Å². The Morgan fingerprint density at radius 1 is 1.31 bits per heavy atom. The van der Waals surface area contributed by atoms with Crippen molar-refractivity contribution in [3.63, 3.8) is 0 Å². The number of guanidine groups is 1. The first-order valence-electron chi connectivity index (χ1n) is 8.73. The van der Waals surface area contributed by atoms with Crippen molar-refractivity contribution in [2.24, 2.45) is 4.99 Å². The molecule has 0 aromatic carbocycles. The van der Waals surface area contributed by atoms with E-state index in [1.165, 1.54) is 4.88 Å². The lowest BCUT2D eigenvalue weighted by atomic mass is 10.2. The first-order chi connectivity index (χ1) is 12.1. The summed E-state index contributed by atoms with van der Waals surface area (Å²) in [4.78, 5) is 12.5. The zero-order valence-corrected chi connectivity index (χ0v) is 19.4. The molecule has 146 valence electrons. The summed E-state index contributed by atoms with van der Waals surface area (Å²) in [7, 11) is 1.78. The van der Waals surface area contributed by atoms with Crippen LogP contribution in [-0.2, 0) is 6.54 Å². The van der Waals surface area contributed by atoms with Crippen LogP contribution in [0.4, 0.5) is 0 Å². The van der Waals surface area contributed by atoms with Gasteiger partial charge in [-0.2, -0.15) is 0 Å². The molecule has 1 unspecified atom stereocenters. The minimum Gasteiger partial charge on any atom is -0.468 e. The molecule has 0 aliphatic carbocycles. The van der Waals surface area contributed by atoms with Crippen LogP contribution in [0.5, 0.6) is 0 Å². The van der Waals surface area contributed by atoms with E-state index in [9.17, 15) is 0 Å². The van der Waals surface area contributed by atoms with Crippen molar-refractivity contribution in [2.75, 3.05) is 26.7 Å². The Labute approximate surface area is 177 Å². The van der Waals surface area contributed by atoms with Gasteiger partial charge in [-0.3, -0.25) is 9.89 Å². The number of nitrogens with zero attached hydrogens (tertiary/aromatic N) is 3. The van der Waals surface area contributed by atoms with E-state index in [2.05, 4.69) is 46.3 Å². The molecule has 0 radical (unpaired) electrons. The van der Waals surface area contributed by atoms with E-state index in [-0.39, 0.29) is 30.0 Å². The molecule has 1 atom stereocenters. The van der Waals surface area contributed by atoms with Crippen molar-refractivity contribution < 1.29 is 4.42 Å². The molecule has 0 aliphatic rings. The highest BCUT2D eigenvalue weighted by Crippen LogP contribution is 2.20. The fourth-order valence-corrected chi connectivity index (χ4v) is 3.62. The lowest BCUT2D eigenvalue weighted by molar-refractivity contribution is 0.193. The Bertz CT molecular complexity index is 648. The third-order valence-corrected chi connectivity index (χ3v) is 5.36. The van der Waals surface area contributed by atoms with Crippen molar-refractivity contribution in [1.82, 2.24) is 20.5 Å². The lowest BCUT2D eigenvalue weighted by Crippen LogP contribution is -2.42. The molecule has 26 heavy (non-hydrogen) atoms. The van der Waals surface area contributed by atoms with Crippen molar-refractivity contribution in [3.8, 4) is 0 Å². The minimum absolute atomic E-state index is 0. The van der Waals surface area contributed by atoms with Crippen LogP contribution in [0.15, 0.2) is 27.8 Å². The molecule has 2 aromatic rings. The Hall–Kier alpha value is -1.13. The first-order valence-corrected chi connectivity index (χ1v) is 9.55. The number of likely N-dealkylation sites (N-methyl/N-ethyl adjacent to an activating group) is 1. The van der Waals surface area contributed by atoms with Crippen LogP contribution < -0.4 is 10.6 Å². The number of rotatable bonds is 8. The van der Waals surface area contributed by atoms with E-state index >= 15 is 0 Å². The van der Waals surface area contributed by atoms with Gasteiger partial charge in [-0.05, 0) is 39.1 Å². The minimum atomic E-state index is 0. The molecular formula is C18H30IN5OS. The molecule has 6 nitrogen and oxygen atoms in total. The van der Waals surface area contributed by atoms with E-state index in [0.29, 0.717) is 6.54 Å². The van der Waals surface area contributed by atoms with Crippen molar-refractivity contribution in [1.29, 1.82) is 0 Å². The van der Waals surface area contributed by atoms with Crippen LogP contribution in [0, 0.1) is 13.8 Å². The maximum absolute atomic E-state index is 5.64. The van der Waals surface area contributed by atoms with Crippen LogP contribution >= 0.6 is 35.3 Å². The maximum atomic E-state index is 5.64. The van der Waals surface area contributed by atoms with E-state index in [0.717, 1.165) is 42.1 Å². The summed E-state index contributed by atoms with van der Waals surface area (Å²) >= 11 is 1.72. The van der Waals surface area contributed by atoms with Gasteiger partial charge in [0.05, 0.1) is 24.5 Å². The molecule has 0 fully saturated rings. The highest BCUT2D eigenvalue weighted by Gasteiger charge is 2.20. The van der Waals surface area contributed by atoms with Crippen LogP contribution in [0.2, 0.25) is 0 Å². The number of furan rings is 1. The van der Waals surface area contributed by atoms with Gasteiger partial charge in [0.25, 0.3) is 0 Å². The van der Waals surface area contributed by atoms with Crippen LogP contribution in [0.25, 0.3) is 0 Å². The number of thiazole rings is 1. The molecule has 0 amide bonds. The standard InChI is InChI=1S/C18H29N5OS.HI/c1-6-23(7-2)15(16-9-8-10-24-16)11-20-18(19-5)21-12-17-22-13(3)14(4)25-17;/h8-10,15H,6-7,11-12H2,1-5H3,(H2,19,20,21);1H. The van der Waals surface area contributed by atoms with Gasteiger partial charge < -0.3 is 15.1 Å². The predicted octanol–water partition coefficient (Wildman–Crippen LogP) is 3.72. The van der Waals surface area contributed by atoms with E-state index in [1.54, 1.807) is 24.6 Å². The molecule has 0 saturated carbocycles. The highest BCUT2D eigenvalue weighted by atomic mass is 127. The number of hydrogen-bond donors (Lipinski definition) is 2. The third kappa shape index (κ3) is 6.24. The molecule has 2 rings (SSSR count). The van der Waals surface area contributed by atoms with Gasteiger partial charge in [-0.15, -0.1) is 35.3 Å². The summed E-state index contributed by atoms with van der Waals surface area (Å²) in [6.45, 7) is 11.8. The molecule has 8 heteroatoms. The normalized spacial score (nSPS) is 12.8. The fourth-order valence-electron chi connectivity index (χ4n) is 2.74. The molecule has 0 spiro atoms. The molecule has 2 N–H and O–H groups in total. The number of aliphatic imine (C=N–C) groups is 1. The van der Waals surface area contributed by atoms with Gasteiger partial charge in [0, 0.05) is 18.5 Å². The van der Waals surface area contributed by atoms with E-state index in [4.69, 9.17) is 4.42 Å². The second kappa shape index (κ2) is 11.6. The maximum Gasteiger partial charge on any atom is 0.191 e. The Morgan fingerprint density at radius 2 is 2.04 bits per heavy atom. The predicted molar refractivity (Wildman–Crippen MR) is 120 cm³/mol. The summed E-state index contributed by atoms with van der Waals surface area (Å²) < 4.78 is 5.64. The monoisotopic (exact) mass is 491 g/mol. The zero-order chi connectivity index (χ0) is 18.2. The van der Waals surface area contributed by atoms with Gasteiger partial charge in [0.1, 0.15) is 10.8 Å². The first kappa shape index (κ1) is 22.9. The number of halogens is 1. The van der Waals surface area contributed by atoms with Gasteiger partial charge in [0.15, 0.2) is 5.96 Å². The van der Waals surface area contributed by atoms with Crippen molar-refractivity contribution >= 4 is 41.3 Å². The second-order valence-corrected chi connectivity index (χ2v) is 7.10. The summed E-state index contributed by atoms with van der Waals surface area (Å²) in [5.41, 5.74) is 1.10. The fraction of sp³-hybridized carbons (Fsp3) is 0.556. The largest absolute Gasteiger partial charge is 0.468 e. The Balaban J connectivity index is 0.00000338. The molecule has 0 bridgehead atoms. The highest BCUT2D eigenvalue weighted by molar-refractivity contribution is 14.0. The number of aromatic nitrogens is 1. The van der Waals surface area contributed by atoms with Gasteiger partial charge in [-0.1, -0.05) is 13.8 Å². The summed E-state index contributed by atoms with van der Waals surface area (Å²) in [6.07, 6.45) is 1.73. The average Bonchev–Trinajstić information content (AvgIpc) is 3.24. The van der Waals surface area contributed by atoms with E-state index in [1.807, 2.05) is 19.1 Å². The zero-order valence-electron chi connectivity index (χ0n) is 16.2. The summed E-state index contributed by atoms with van der Waals surface area (Å²) in [5.74, 6) is 1.74. The molecule has 2 aromatic heterocycles. The van der Waals surface area contributed by atoms with Crippen molar-refractivity contribution in [3.05, 3.63) is 39.7 Å². The van der Waals surface area contributed by atoms with Gasteiger partial charge in [-0.25, -0.2) is 4.98 Å². The van der Waals surface area contributed by atoms with Gasteiger partial charge >= 0.3 is 0 Å². The molecule has 0 saturated heterocycles. The average molecular weight is 491 g/mol.